The van der Waals surface area contributed by atoms with Crippen LogP contribution in [0.3, 0.4) is 0 Å². The van der Waals surface area contributed by atoms with Gasteiger partial charge in [0.05, 0.1) is 0 Å². The van der Waals surface area contributed by atoms with E-state index < -0.39 is 8.07 Å². The first kappa shape index (κ1) is 33.1. The van der Waals surface area contributed by atoms with E-state index in [0.717, 1.165) is 17.1 Å². The standard InChI is InChI=1S/C52H39NSi/c1-5-16-40(17-6-1)41-28-32-44(33-29-41)53(45-34-30-43(31-35-45)52-27-15-19-42-18-13-14-26-51(42)52)46-36-38-50(39-37-46)54(47-20-7-2-8-21-47,48-22-9-3-10-23-48)49-24-11-4-12-25-49/h1-39H. The Bertz CT molecular complexity index is 2500. The predicted octanol–water partition coefficient (Wildman–Crippen LogP) is 11.0. The molecule has 54 heavy (non-hydrogen) atoms. The lowest BCUT2D eigenvalue weighted by atomic mass is 9.98. The Kier molecular flexibility index (Phi) is 9.02. The summed E-state index contributed by atoms with van der Waals surface area (Å²) >= 11 is 0. The minimum Gasteiger partial charge on any atom is -0.311 e. The Hall–Kier alpha value is -6.74. The maximum Gasteiger partial charge on any atom is 0.179 e. The molecule has 0 aromatic heterocycles. The molecule has 9 aromatic carbocycles. The summed E-state index contributed by atoms with van der Waals surface area (Å²) in [6.45, 7) is 0. The molecule has 0 aliphatic rings. The number of benzene rings is 9. The van der Waals surface area contributed by atoms with Gasteiger partial charge < -0.3 is 4.90 Å². The molecule has 0 atom stereocenters. The zero-order valence-corrected chi connectivity index (χ0v) is 31.0. The molecule has 0 bridgehead atoms. The number of rotatable bonds is 9. The molecule has 2 heteroatoms. The third kappa shape index (κ3) is 6.13. The van der Waals surface area contributed by atoms with E-state index in [9.17, 15) is 0 Å². The quantitative estimate of drug-likeness (QED) is 0.107. The molecule has 0 spiro atoms. The second kappa shape index (κ2) is 14.7. The fraction of sp³-hybridized carbons (Fsp3) is 0. The van der Waals surface area contributed by atoms with Gasteiger partial charge in [-0.2, -0.15) is 0 Å². The van der Waals surface area contributed by atoms with Crippen molar-refractivity contribution in [2.24, 2.45) is 0 Å². The van der Waals surface area contributed by atoms with Crippen molar-refractivity contribution in [1.82, 2.24) is 0 Å². The zero-order chi connectivity index (χ0) is 36.2. The molecule has 0 N–H and O–H groups in total. The first-order valence-corrected chi connectivity index (χ1v) is 20.6. The highest BCUT2D eigenvalue weighted by Gasteiger charge is 2.41. The highest BCUT2D eigenvalue weighted by Crippen LogP contribution is 2.37. The van der Waals surface area contributed by atoms with E-state index in [1.807, 2.05) is 0 Å². The van der Waals surface area contributed by atoms with Crippen molar-refractivity contribution >= 4 is 56.7 Å². The Morgan fingerprint density at radius 3 is 1.15 bits per heavy atom. The lowest BCUT2D eigenvalue weighted by molar-refractivity contribution is 1.28. The van der Waals surface area contributed by atoms with Gasteiger partial charge in [-0.3, -0.25) is 0 Å². The lowest BCUT2D eigenvalue weighted by Crippen LogP contribution is -2.74. The van der Waals surface area contributed by atoms with Gasteiger partial charge in [0, 0.05) is 17.1 Å². The van der Waals surface area contributed by atoms with Crippen molar-refractivity contribution in [3.63, 3.8) is 0 Å². The fourth-order valence-electron chi connectivity index (χ4n) is 8.07. The van der Waals surface area contributed by atoms with Crippen LogP contribution < -0.4 is 25.6 Å². The van der Waals surface area contributed by atoms with Gasteiger partial charge in [-0.1, -0.05) is 200 Å². The van der Waals surface area contributed by atoms with Crippen LogP contribution in [0.2, 0.25) is 0 Å². The summed E-state index contributed by atoms with van der Waals surface area (Å²) in [5.74, 6) is 0. The molecule has 256 valence electrons. The van der Waals surface area contributed by atoms with Gasteiger partial charge in [0.25, 0.3) is 0 Å². The molecule has 0 fully saturated rings. The molecule has 9 rings (SSSR count). The normalized spacial score (nSPS) is 11.3. The Morgan fingerprint density at radius 1 is 0.259 bits per heavy atom. The summed E-state index contributed by atoms with van der Waals surface area (Å²) in [6, 6.07) is 86.5. The molecule has 9 aromatic rings. The smallest absolute Gasteiger partial charge is 0.179 e. The molecule has 0 aliphatic carbocycles. The van der Waals surface area contributed by atoms with Crippen molar-refractivity contribution in [2.45, 2.75) is 0 Å². The van der Waals surface area contributed by atoms with Gasteiger partial charge in [-0.05, 0) is 90.2 Å². The average Bonchev–Trinajstić information content (AvgIpc) is 3.26. The Balaban J connectivity index is 1.18. The van der Waals surface area contributed by atoms with E-state index in [1.165, 1.54) is 53.8 Å². The van der Waals surface area contributed by atoms with Gasteiger partial charge in [0.1, 0.15) is 0 Å². The van der Waals surface area contributed by atoms with Crippen molar-refractivity contribution in [1.29, 1.82) is 0 Å². The maximum absolute atomic E-state index is 2.65. The Morgan fingerprint density at radius 2 is 0.630 bits per heavy atom. The first-order chi connectivity index (χ1) is 26.8. The van der Waals surface area contributed by atoms with Crippen molar-refractivity contribution in [3.05, 3.63) is 237 Å². The Labute approximate surface area is 319 Å². The minimum atomic E-state index is -2.65. The van der Waals surface area contributed by atoms with E-state index in [4.69, 9.17) is 0 Å². The third-order valence-corrected chi connectivity index (χ3v) is 15.4. The second-order valence-corrected chi connectivity index (χ2v) is 17.5. The molecule has 0 saturated heterocycles. The van der Waals surface area contributed by atoms with Crippen molar-refractivity contribution in [2.75, 3.05) is 4.90 Å². The lowest BCUT2D eigenvalue weighted by Gasteiger charge is -2.35. The molecular formula is C52H39NSi. The van der Waals surface area contributed by atoms with Crippen LogP contribution in [0.4, 0.5) is 17.1 Å². The van der Waals surface area contributed by atoms with Crippen molar-refractivity contribution < 1.29 is 0 Å². The van der Waals surface area contributed by atoms with E-state index in [-0.39, 0.29) is 0 Å². The SMILES string of the molecule is c1ccc(-c2ccc(N(c3ccc(-c4cccc5ccccc45)cc3)c3ccc([Si](c4ccccc4)(c4ccccc4)c4ccccc4)cc3)cc2)cc1. The van der Waals surface area contributed by atoms with Crippen LogP contribution in [0.25, 0.3) is 33.0 Å². The largest absolute Gasteiger partial charge is 0.311 e. The predicted molar refractivity (Wildman–Crippen MR) is 233 cm³/mol. The van der Waals surface area contributed by atoms with Crippen molar-refractivity contribution in [3.8, 4) is 22.3 Å². The second-order valence-electron chi connectivity index (χ2n) is 13.7. The number of hydrogen-bond acceptors (Lipinski definition) is 1. The van der Waals surface area contributed by atoms with Crippen LogP contribution in [0.1, 0.15) is 0 Å². The molecule has 0 amide bonds. The zero-order valence-electron chi connectivity index (χ0n) is 30.0. The van der Waals surface area contributed by atoms with E-state index in [1.54, 1.807) is 0 Å². The van der Waals surface area contributed by atoms with E-state index in [2.05, 4.69) is 241 Å². The minimum absolute atomic E-state index is 1.11. The summed E-state index contributed by atoms with van der Waals surface area (Å²) in [4.78, 5) is 2.38. The molecule has 1 nitrogen and oxygen atoms in total. The van der Waals surface area contributed by atoms with Crippen LogP contribution in [-0.2, 0) is 0 Å². The van der Waals surface area contributed by atoms with Gasteiger partial charge in [-0.25, -0.2) is 0 Å². The molecule has 0 radical (unpaired) electrons. The highest BCUT2D eigenvalue weighted by molar-refractivity contribution is 7.19. The fourth-order valence-corrected chi connectivity index (χ4v) is 12.8. The van der Waals surface area contributed by atoms with Crippen LogP contribution in [-0.4, -0.2) is 8.07 Å². The van der Waals surface area contributed by atoms with Gasteiger partial charge >= 0.3 is 0 Å². The highest BCUT2D eigenvalue weighted by atomic mass is 28.3. The summed E-state index contributed by atoms with van der Waals surface area (Å²) in [5.41, 5.74) is 8.19. The molecule has 0 aliphatic heterocycles. The maximum atomic E-state index is 2.38. The number of fused-ring (bicyclic) bond motifs is 1. The van der Waals surface area contributed by atoms with Gasteiger partial charge in [0.2, 0.25) is 0 Å². The summed E-state index contributed by atoms with van der Waals surface area (Å²) in [5, 5.41) is 7.97. The van der Waals surface area contributed by atoms with Crippen LogP contribution >= 0.6 is 0 Å². The third-order valence-electron chi connectivity index (χ3n) is 10.6. The number of anilines is 3. The van der Waals surface area contributed by atoms with Gasteiger partial charge in [0.15, 0.2) is 8.07 Å². The molecule has 0 unspecified atom stereocenters. The first-order valence-electron chi connectivity index (χ1n) is 18.6. The topological polar surface area (TPSA) is 3.24 Å². The van der Waals surface area contributed by atoms with E-state index >= 15 is 0 Å². The summed E-state index contributed by atoms with van der Waals surface area (Å²) < 4.78 is 0. The monoisotopic (exact) mass is 705 g/mol. The van der Waals surface area contributed by atoms with E-state index in [0.29, 0.717) is 0 Å². The molecule has 0 heterocycles. The molecule has 0 saturated carbocycles. The van der Waals surface area contributed by atoms with Gasteiger partial charge in [-0.15, -0.1) is 0 Å². The summed E-state index contributed by atoms with van der Waals surface area (Å²) in [6.07, 6.45) is 0. The van der Waals surface area contributed by atoms with Crippen LogP contribution in [0.5, 0.6) is 0 Å². The number of hydrogen-bond donors (Lipinski definition) is 0. The van der Waals surface area contributed by atoms with Crippen LogP contribution in [0, 0.1) is 0 Å². The summed E-state index contributed by atoms with van der Waals surface area (Å²) in [7, 11) is -2.65. The number of nitrogens with zero attached hydrogens (tertiary/aromatic N) is 1. The van der Waals surface area contributed by atoms with Crippen LogP contribution in [0.15, 0.2) is 237 Å². The average molecular weight is 706 g/mol. The molecular weight excluding hydrogens is 667 g/mol.